The summed E-state index contributed by atoms with van der Waals surface area (Å²) in [7, 11) is 0. The summed E-state index contributed by atoms with van der Waals surface area (Å²) in [5.41, 5.74) is 1.96. The number of fused-ring (bicyclic) bond motifs is 2. The van der Waals surface area contributed by atoms with Crippen LogP contribution in [0.25, 0.3) is 10.8 Å². The molecule has 4 heterocycles. The number of rotatable bonds is 6. The number of halogens is 1. The Kier molecular flexibility index (Phi) is 6.75. The Bertz CT molecular complexity index is 1370. The number of carbonyl (C=O) groups is 1. The van der Waals surface area contributed by atoms with Crippen LogP contribution in [0.1, 0.15) is 41.4 Å². The van der Waals surface area contributed by atoms with Crippen LogP contribution in [0, 0.1) is 11.7 Å². The second kappa shape index (κ2) is 10.3. The Morgan fingerprint density at radius 3 is 2.95 bits per heavy atom. The van der Waals surface area contributed by atoms with Gasteiger partial charge in [-0.1, -0.05) is 13.0 Å². The monoisotopic (exact) mass is 521 g/mol. The summed E-state index contributed by atoms with van der Waals surface area (Å²) in [5.74, 6) is 0.332. The number of aromatic nitrogens is 2. The molecule has 2 aromatic carbocycles. The third kappa shape index (κ3) is 4.52. The quantitative estimate of drug-likeness (QED) is 0.509. The SMILES string of the molecule is CCc1c(F)ccc2cc(O)cc(N3Cc4nc(OCC5CCNC5)nc(N5CCCOCC5)c4C3=O)c12. The first-order valence-electron chi connectivity index (χ1n) is 13.4. The van der Waals surface area contributed by atoms with Gasteiger partial charge in [0.1, 0.15) is 22.9 Å². The van der Waals surface area contributed by atoms with Gasteiger partial charge in [-0.25, -0.2) is 4.39 Å². The highest BCUT2D eigenvalue weighted by molar-refractivity contribution is 6.16. The van der Waals surface area contributed by atoms with Gasteiger partial charge in [0.15, 0.2) is 0 Å². The molecule has 1 atom stereocenters. The first-order valence-corrected chi connectivity index (χ1v) is 13.4. The number of amides is 1. The minimum absolute atomic E-state index is 0.00934. The van der Waals surface area contributed by atoms with E-state index in [1.165, 1.54) is 12.1 Å². The van der Waals surface area contributed by atoms with Crippen LogP contribution >= 0.6 is 0 Å². The van der Waals surface area contributed by atoms with E-state index < -0.39 is 0 Å². The maximum atomic E-state index is 14.8. The zero-order valence-corrected chi connectivity index (χ0v) is 21.5. The van der Waals surface area contributed by atoms with Gasteiger partial charge < -0.3 is 29.7 Å². The Balaban J connectivity index is 1.43. The van der Waals surface area contributed by atoms with Crippen molar-refractivity contribution >= 4 is 28.2 Å². The zero-order valence-electron chi connectivity index (χ0n) is 21.5. The van der Waals surface area contributed by atoms with Crippen molar-refractivity contribution in [3.05, 3.63) is 46.9 Å². The standard InChI is InChI=1S/C28H32FN5O4/c1-2-20-21(29)5-4-18-12-19(35)13-23(24(18)20)34-15-22-25(27(34)36)26(33-8-3-10-37-11-9-33)32-28(31-22)38-16-17-6-7-30-14-17/h4-5,12-13,17,30,35H,2-3,6-11,14-16H2,1H3. The van der Waals surface area contributed by atoms with Gasteiger partial charge in [-0.05, 0) is 48.9 Å². The summed E-state index contributed by atoms with van der Waals surface area (Å²) < 4.78 is 26.5. The number of phenolic OH excluding ortho intramolecular Hbond substituents is 1. The molecular weight excluding hydrogens is 489 g/mol. The number of aryl methyl sites for hydroxylation is 1. The average Bonchev–Trinajstić information content (AvgIpc) is 3.45. The number of nitrogens with one attached hydrogen (secondary N) is 1. The molecule has 3 aromatic rings. The Morgan fingerprint density at radius 2 is 2.13 bits per heavy atom. The van der Waals surface area contributed by atoms with Crippen molar-refractivity contribution in [1.29, 1.82) is 0 Å². The van der Waals surface area contributed by atoms with Crippen molar-refractivity contribution in [2.75, 3.05) is 55.8 Å². The lowest BCUT2D eigenvalue weighted by Gasteiger charge is -2.24. The number of carbonyl (C=O) groups excluding carboxylic acids is 1. The van der Waals surface area contributed by atoms with E-state index in [4.69, 9.17) is 14.5 Å². The van der Waals surface area contributed by atoms with Crippen molar-refractivity contribution < 1.29 is 23.8 Å². The molecule has 3 aliphatic heterocycles. The number of benzene rings is 2. The number of phenols is 1. The molecule has 1 aromatic heterocycles. The smallest absolute Gasteiger partial charge is 0.318 e. The van der Waals surface area contributed by atoms with Gasteiger partial charge in [0, 0.05) is 43.6 Å². The fraction of sp³-hybridized carbons (Fsp3) is 0.464. The molecule has 2 N–H and O–H groups in total. The Labute approximate surface area is 220 Å². The fourth-order valence-corrected chi connectivity index (χ4v) is 5.69. The van der Waals surface area contributed by atoms with E-state index in [2.05, 4.69) is 15.2 Å². The van der Waals surface area contributed by atoms with E-state index in [1.54, 1.807) is 17.0 Å². The third-order valence-corrected chi connectivity index (χ3v) is 7.62. The lowest BCUT2D eigenvalue weighted by molar-refractivity contribution is 0.0997. The molecule has 0 radical (unpaired) electrons. The number of hydrogen-bond acceptors (Lipinski definition) is 8. The molecule has 200 valence electrons. The molecule has 2 fully saturated rings. The van der Waals surface area contributed by atoms with Crippen LogP contribution in [-0.4, -0.2) is 67.0 Å². The van der Waals surface area contributed by atoms with Crippen LogP contribution in [-0.2, 0) is 17.7 Å². The summed E-state index contributed by atoms with van der Waals surface area (Å²) in [5, 5.41) is 15.1. The first-order chi connectivity index (χ1) is 18.5. The maximum Gasteiger partial charge on any atom is 0.318 e. The minimum Gasteiger partial charge on any atom is -0.508 e. The molecule has 3 aliphatic rings. The number of anilines is 2. The number of nitrogens with zero attached hydrogens (tertiary/aromatic N) is 4. The van der Waals surface area contributed by atoms with E-state index in [0.29, 0.717) is 84.3 Å². The molecule has 38 heavy (non-hydrogen) atoms. The van der Waals surface area contributed by atoms with Crippen molar-refractivity contribution in [2.24, 2.45) is 5.92 Å². The molecule has 0 spiro atoms. The predicted octanol–water partition coefficient (Wildman–Crippen LogP) is 3.41. The number of hydrogen-bond donors (Lipinski definition) is 2. The van der Waals surface area contributed by atoms with Crippen LogP contribution in [0.5, 0.6) is 11.8 Å². The van der Waals surface area contributed by atoms with Gasteiger partial charge in [-0.3, -0.25) is 4.79 Å². The summed E-state index contributed by atoms with van der Waals surface area (Å²) in [6.07, 6.45) is 2.30. The van der Waals surface area contributed by atoms with Gasteiger partial charge in [0.25, 0.3) is 5.91 Å². The molecule has 1 unspecified atom stereocenters. The van der Waals surface area contributed by atoms with Gasteiger partial charge in [0.2, 0.25) is 0 Å². The van der Waals surface area contributed by atoms with Crippen molar-refractivity contribution in [3.63, 3.8) is 0 Å². The van der Waals surface area contributed by atoms with E-state index in [0.717, 1.165) is 25.9 Å². The van der Waals surface area contributed by atoms with Gasteiger partial charge in [0.05, 0.1) is 31.1 Å². The van der Waals surface area contributed by atoms with Crippen LogP contribution in [0.4, 0.5) is 15.9 Å². The minimum atomic E-state index is -0.335. The second-order valence-corrected chi connectivity index (χ2v) is 10.1. The van der Waals surface area contributed by atoms with Gasteiger partial charge in [-0.15, -0.1) is 0 Å². The van der Waals surface area contributed by atoms with Gasteiger partial charge in [-0.2, -0.15) is 9.97 Å². The highest BCUT2D eigenvalue weighted by Crippen LogP contribution is 2.41. The first kappa shape index (κ1) is 24.8. The van der Waals surface area contributed by atoms with Crippen molar-refractivity contribution in [3.8, 4) is 11.8 Å². The normalized spacial score (nSPS) is 19.7. The van der Waals surface area contributed by atoms with Crippen molar-refractivity contribution in [1.82, 2.24) is 15.3 Å². The lowest BCUT2D eigenvalue weighted by atomic mass is 9.99. The highest BCUT2D eigenvalue weighted by Gasteiger charge is 2.37. The highest BCUT2D eigenvalue weighted by atomic mass is 19.1. The second-order valence-electron chi connectivity index (χ2n) is 10.1. The fourth-order valence-electron chi connectivity index (χ4n) is 5.69. The summed E-state index contributed by atoms with van der Waals surface area (Å²) >= 11 is 0. The maximum absolute atomic E-state index is 14.8. The Morgan fingerprint density at radius 1 is 1.24 bits per heavy atom. The predicted molar refractivity (Wildman–Crippen MR) is 142 cm³/mol. The topological polar surface area (TPSA) is 100 Å². The van der Waals surface area contributed by atoms with Crippen LogP contribution in [0.2, 0.25) is 0 Å². The van der Waals surface area contributed by atoms with E-state index >= 15 is 0 Å². The van der Waals surface area contributed by atoms with E-state index in [9.17, 15) is 14.3 Å². The molecule has 0 bridgehead atoms. The van der Waals surface area contributed by atoms with Gasteiger partial charge >= 0.3 is 6.01 Å². The number of ether oxygens (including phenoxy) is 2. The average molecular weight is 522 g/mol. The zero-order chi connectivity index (χ0) is 26.2. The molecule has 6 rings (SSSR count). The van der Waals surface area contributed by atoms with Crippen molar-refractivity contribution in [2.45, 2.75) is 32.7 Å². The van der Waals surface area contributed by atoms with E-state index in [-0.39, 0.29) is 30.0 Å². The molecule has 10 heteroatoms. The summed E-state index contributed by atoms with van der Waals surface area (Å²) in [4.78, 5) is 27.1. The number of aromatic hydroxyl groups is 1. The molecular formula is C28H32FN5O4. The van der Waals surface area contributed by atoms with Crippen LogP contribution in [0.15, 0.2) is 24.3 Å². The van der Waals surface area contributed by atoms with E-state index in [1.807, 2.05) is 6.92 Å². The largest absolute Gasteiger partial charge is 0.508 e. The Hall–Kier alpha value is -3.50. The molecule has 0 aliphatic carbocycles. The molecule has 1 amide bonds. The molecule has 0 saturated carbocycles. The molecule has 9 nitrogen and oxygen atoms in total. The van der Waals surface area contributed by atoms with Crippen LogP contribution in [0.3, 0.4) is 0 Å². The third-order valence-electron chi connectivity index (χ3n) is 7.62. The summed E-state index contributed by atoms with van der Waals surface area (Å²) in [6, 6.07) is 6.41. The lowest BCUT2D eigenvalue weighted by Crippen LogP contribution is -2.30. The van der Waals surface area contributed by atoms with Crippen LogP contribution < -0.4 is 19.9 Å². The molecule has 2 saturated heterocycles. The summed E-state index contributed by atoms with van der Waals surface area (Å²) in [6.45, 7) is 6.92.